The number of nitrogens with zero attached hydrogens (tertiary/aromatic N) is 3. The van der Waals surface area contributed by atoms with Crippen LogP contribution in [0.15, 0.2) is 200 Å². The second-order valence-corrected chi connectivity index (χ2v) is 14.3. The van der Waals surface area contributed by atoms with E-state index < -0.39 is 5.41 Å². The van der Waals surface area contributed by atoms with Crippen LogP contribution in [-0.2, 0) is 5.41 Å². The molecule has 3 nitrogen and oxygen atoms in total. The molecule has 0 N–H and O–H groups in total. The molecule has 0 fully saturated rings. The van der Waals surface area contributed by atoms with Crippen molar-refractivity contribution in [1.29, 1.82) is 0 Å². The van der Waals surface area contributed by atoms with Gasteiger partial charge in [-0.3, -0.25) is 0 Å². The molecule has 0 bridgehead atoms. The van der Waals surface area contributed by atoms with Crippen molar-refractivity contribution >= 4 is 32.3 Å². The van der Waals surface area contributed by atoms with Crippen LogP contribution in [-0.4, -0.2) is 15.0 Å². The molecule has 0 atom stereocenters. The van der Waals surface area contributed by atoms with Gasteiger partial charge in [0.1, 0.15) is 5.41 Å². The molecule has 1 aliphatic rings. The summed E-state index contributed by atoms with van der Waals surface area (Å²) in [6.07, 6.45) is 0. The van der Waals surface area contributed by atoms with E-state index >= 15 is 0 Å². The van der Waals surface area contributed by atoms with Crippen molar-refractivity contribution in [2.45, 2.75) is 5.41 Å². The first-order valence-electron chi connectivity index (χ1n) is 18.8. The second kappa shape index (κ2) is 12.4. The first-order chi connectivity index (χ1) is 27.3. The topological polar surface area (TPSA) is 38.7 Å². The van der Waals surface area contributed by atoms with Gasteiger partial charge in [-0.05, 0) is 77.3 Å². The number of aromatic nitrogens is 3. The molecule has 0 saturated carbocycles. The zero-order valence-electron chi connectivity index (χ0n) is 29.9. The average Bonchev–Trinajstić information content (AvgIpc) is 3.57. The van der Waals surface area contributed by atoms with E-state index in [0.29, 0.717) is 17.5 Å². The van der Waals surface area contributed by atoms with Crippen LogP contribution in [0.2, 0.25) is 0 Å². The molecule has 11 rings (SSSR count). The highest BCUT2D eigenvalue weighted by atomic mass is 15.0. The second-order valence-electron chi connectivity index (χ2n) is 14.3. The maximum absolute atomic E-state index is 5.54. The van der Waals surface area contributed by atoms with Gasteiger partial charge in [-0.2, -0.15) is 0 Å². The Kier molecular flexibility index (Phi) is 7.08. The van der Waals surface area contributed by atoms with Crippen molar-refractivity contribution in [3.8, 4) is 45.0 Å². The van der Waals surface area contributed by atoms with Crippen LogP contribution in [0.5, 0.6) is 0 Å². The van der Waals surface area contributed by atoms with Crippen molar-refractivity contribution < 1.29 is 0 Å². The third-order valence-corrected chi connectivity index (χ3v) is 11.4. The predicted molar refractivity (Wildman–Crippen MR) is 226 cm³/mol. The van der Waals surface area contributed by atoms with Crippen molar-refractivity contribution in [3.05, 3.63) is 223 Å². The van der Waals surface area contributed by atoms with Gasteiger partial charge >= 0.3 is 0 Å². The number of hydrogen-bond donors (Lipinski definition) is 0. The van der Waals surface area contributed by atoms with Gasteiger partial charge in [0.2, 0.25) is 0 Å². The van der Waals surface area contributed by atoms with Crippen LogP contribution < -0.4 is 0 Å². The Labute approximate surface area is 319 Å². The Morgan fingerprint density at radius 2 is 0.800 bits per heavy atom. The Morgan fingerprint density at radius 1 is 0.309 bits per heavy atom. The fourth-order valence-electron chi connectivity index (χ4n) is 8.81. The molecule has 1 heterocycles. The lowest BCUT2D eigenvalue weighted by molar-refractivity contribution is 0.692. The van der Waals surface area contributed by atoms with E-state index in [1.54, 1.807) is 0 Å². The molecule has 1 aliphatic carbocycles. The maximum Gasteiger partial charge on any atom is 0.163 e. The highest BCUT2D eigenvalue weighted by Crippen LogP contribution is 2.55. The van der Waals surface area contributed by atoms with Crippen LogP contribution >= 0.6 is 0 Å². The average molecular weight is 700 g/mol. The zero-order valence-corrected chi connectivity index (χ0v) is 29.9. The molecule has 3 heteroatoms. The van der Waals surface area contributed by atoms with E-state index in [1.807, 2.05) is 6.07 Å². The van der Waals surface area contributed by atoms with Crippen molar-refractivity contribution in [2.75, 3.05) is 0 Å². The highest BCUT2D eigenvalue weighted by Gasteiger charge is 2.48. The smallest absolute Gasteiger partial charge is 0.163 e. The summed E-state index contributed by atoms with van der Waals surface area (Å²) in [6, 6.07) is 71.4. The van der Waals surface area contributed by atoms with Crippen LogP contribution in [0.1, 0.15) is 22.5 Å². The molecule has 0 unspecified atom stereocenters. The molecule has 1 aromatic heterocycles. The van der Waals surface area contributed by atoms with Crippen LogP contribution in [0.4, 0.5) is 0 Å². The van der Waals surface area contributed by atoms with Gasteiger partial charge in [-0.1, -0.05) is 194 Å². The van der Waals surface area contributed by atoms with Gasteiger partial charge in [-0.15, -0.1) is 0 Å². The van der Waals surface area contributed by atoms with Crippen LogP contribution in [0.3, 0.4) is 0 Å². The monoisotopic (exact) mass is 699 g/mol. The Bertz CT molecular complexity index is 3030. The van der Waals surface area contributed by atoms with E-state index in [-0.39, 0.29) is 0 Å². The fraction of sp³-hybridized carbons (Fsp3) is 0.0192. The van der Waals surface area contributed by atoms with E-state index in [1.165, 1.54) is 60.1 Å². The fourth-order valence-corrected chi connectivity index (χ4v) is 8.81. The zero-order chi connectivity index (χ0) is 36.3. The molecule has 0 amide bonds. The summed E-state index contributed by atoms with van der Waals surface area (Å²) in [5, 5.41) is 7.28. The van der Waals surface area contributed by atoms with E-state index in [2.05, 4.69) is 194 Å². The van der Waals surface area contributed by atoms with E-state index in [9.17, 15) is 0 Å². The standard InChI is InChI=1S/C52H33N3/c1-3-13-34(14-4-1)35-23-26-38(27-24-35)49-53-50(39-28-25-37-30-31-42-41-18-8-7-15-36(41)29-32-43(42)46(37)33-39)55-51(54-49)52(40-16-5-2-6-17-40)47-21-11-9-19-44(47)45-20-10-12-22-48(45)52/h1-33H. The first kappa shape index (κ1) is 31.3. The normalized spacial score (nSPS) is 12.9. The van der Waals surface area contributed by atoms with E-state index in [4.69, 9.17) is 15.0 Å². The lowest BCUT2D eigenvalue weighted by Gasteiger charge is -2.32. The Morgan fingerprint density at radius 3 is 1.51 bits per heavy atom. The number of hydrogen-bond acceptors (Lipinski definition) is 3. The lowest BCUT2D eigenvalue weighted by Crippen LogP contribution is -2.31. The number of rotatable bonds is 5. The third kappa shape index (κ3) is 4.87. The molecule has 0 aliphatic heterocycles. The molecule has 9 aromatic carbocycles. The number of fused-ring (bicyclic) bond motifs is 8. The molecule has 55 heavy (non-hydrogen) atoms. The van der Waals surface area contributed by atoms with Crippen LogP contribution in [0, 0.1) is 0 Å². The third-order valence-electron chi connectivity index (χ3n) is 11.4. The molecular weight excluding hydrogens is 667 g/mol. The molecule has 0 saturated heterocycles. The molecule has 10 aromatic rings. The minimum atomic E-state index is -0.771. The minimum absolute atomic E-state index is 0.640. The van der Waals surface area contributed by atoms with E-state index in [0.717, 1.165) is 22.3 Å². The van der Waals surface area contributed by atoms with Gasteiger partial charge in [0.15, 0.2) is 17.5 Å². The highest BCUT2D eigenvalue weighted by molar-refractivity contribution is 6.17. The van der Waals surface area contributed by atoms with Gasteiger partial charge in [0, 0.05) is 11.1 Å². The first-order valence-corrected chi connectivity index (χ1v) is 18.8. The summed E-state index contributed by atoms with van der Waals surface area (Å²) in [5.41, 5.74) is 9.27. The summed E-state index contributed by atoms with van der Waals surface area (Å²) in [5.74, 6) is 1.98. The quantitative estimate of drug-likeness (QED) is 0.168. The molecular formula is C52H33N3. The summed E-state index contributed by atoms with van der Waals surface area (Å²) in [7, 11) is 0. The van der Waals surface area contributed by atoms with Crippen LogP contribution in [0.25, 0.3) is 77.3 Å². The Balaban J connectivity index is 1.19. The minimum Gasteiger partial charge on any atom is -0.211 e. The lowest BCUT2D eigenvalue weighted by atomic mass is 9.71. The SMILES string of the molecule is c1ccc(-c2ccc(-c3nc(-c4ccc5ccc6c7ccccc7ccc6c5c4)nc(C4(c5ccccc5)c5ccccc5-c5ccccc54)n3)cc2)cc1. The van der Waals surface area contributed by atoms with Crippen molar-refractivity contribution in [3.63, 3.8) is 0 Å². The van der Waals surface area contributed by atoms with Crippen molar-refractivity contribution in [2.24, 2.45) is 0 Å². The molecule has 0 radical (unpaired) electrons. The molecule has 0 spiro atoms. The Hall–Kier alpha value is -7.23. The summed E-state index contributed by atoms with van der Waals surface area (Å²) in [6.45, 7) is 0. The summed E-state index contributed by atoms with van der Waals surface area (Å²) >= 11 is 0. The largest absolute Gasteiger partial charge is 0.211 e. The van der Waals surface area contributed by atoms with Gasteiger partial charge in [0.05, 0.1) is 0 Å². The van der Waals surface area contributed by atoms with Gasteiger partial charge in [-0.25, -0.2) is 15.0 Å². The number of benzene rings is 9. The maximum atomic E-state index is 5.54. The predicted octanol–water partition coefficient (Wildman–Crippen LogP) is 12.7. The van der Waals surface area contributed by atoms with Crippen molar-refractivity contribution in [1.82, 2.24) is 15.0 Å². The van der Waals surface area contributed by atoms with Gasteiger partial charge < -0.3 is 0 Å². The summed E-state index contributed by atoms with van der Waals surface area (Å²) in [4.78, 5) is 16.3. The summed E-state index contributed by atoms with van der Waals surface area (Å²) < 4.78 is 0. The van der Waals surface area contributed by atoms with Gasteiger partial charge in [0.25, 0.3) is 0 Å². The molecule has 256 valence electrons.